The maximum absolute atomic E-state index is 14.2. The van der Waals surface area contributed by atoms with Gasteiger partial charge in [0.2, 0.25) is 23.5 Å². The van der Waals surface area contributed by atoms with Crippen LogP contribution in [0.1, 0.15) is 67.5 Å². The fraction of sp³-hybridized carbons (Fsp3) is 0.436. The molecule has 0 aliphatic carbocycles. The summed E-state index contributed by atoms with van der Waals surface area (Å²) in [5, 5.41) is 18.1. The van der Waals surface area contributed by atoms with Crippen LogP contribution >= 0.6 is 11.3 Å². The van der Waals surface area contributed by atoms with Crippen molar-refractivity contribution in [2.24, 2.45) is 28.3 Å². The summed E-state index contributed by atoms with van der Waals surface area (Å²) in [5.41, 5.74) is 13.2. The zero-order chi connectivity index (χ0) is 40.6. The number of fused-ring (bicyclic) bond motifs is 1. The number of hydrogen-bond acceptors (Lipinski definition) is 11. The molecule has 4 atom stereocenters. The lowest BCUT2D eigenvalue weighted by molar-refractivity contribution is -0.134. The third-order valence-electron chi connectivity index (χ3n) is 8.79. The number of para-hydroxylation sites is 1. The van der Waals surface area contributed by atoms with Crippen LogP contribution in [0.2, 0.25) is 0 Å². The van der Waals surface area contributed by atoms with Crippen molar-refractivity contribution in [2.45, 2.75) is 84.3 Å². The van der Waals surface area contributed by atoms with E-state index in [1.807, 2.05) is 62.4 Å². The number of nitrogens with two attached hydrogens (primary N) is 2. The first-order valence-corrected chi connectivity index (χ1v) is 19.2. The minimum atomic E-state index is -1.31. The standard InChI is InChI=1S/C39H51N9O7S/c1-24(2)16-27(36(53)45-30(13-9-15-43-39(40)41)35(52)38-47-29-12-7-8-14-34(29)56-38)17-33(51)31(46-37(54)32(20-49)44-25(3)50)18-28-19-42-22-48(28)23-55-21-26-10-5-4-6-11-26/h4-8,10-12,14,19,22,24,27,30-32,49H,9,13,15-18,20-21,23H2,1-3H3,(H,44,50)(H,45,53)(H,46,54)(H4,40,41,43)/t27-,30+,31+,32+/m1/s1. The number of aliphatic imine (C=N–C) groups is 1. The predicted octanol–water partition coefficient (Wildman–Crippen LogP) is 2.23. The van der Waals surface area contributed by atoms with E-state index in [0.29, 0.717) is 30.7 Å². The number of hydrogen-bond donors (Lipinski definition) is 6. The van der Waals surface area contributed by atoms with Crippen LogP contribution in [0.5, 0.6) is 0 Å². The minimum Gasteiger partial charge on any atom is -0.394 e. The van der Waals surface area contributed by atoms with Crippen molar-refractivity contribution < 1.29 is 33.8 Å². The molecule has 4 aromatic rings. The van der Waals surface area contributed by atoms with Crippen molar-refractivity contribution in [2.75, 3.05) is 13.2 Å². The Kier molecular flexibility index (Phi) is 16.6. The molecule has 0 saturated carbocycles. The van der Waals surface area contributed by atoms with Gasteiger partial charge in [-0.05, 0) is 42.9 Å². The number of guanidine groups is 1. The largest absolute Gasteiger partial charge is 0.394 e. The SMILES string of the molecule is CC(=O)N[C@@H](CO)C(=O)N[C@@H](Cc1cncn1COCc1ccccc1)C(=O)C[C@@H](CC(C)C)C(=O)N[C@@H](CCCN=C(N)N)C(=O)c1nc2ccccc2s1. The number of aliphatic hydroxyl groups is 1. The van der Waals surface area contributed by atoms with E-state index in [-0.39, 0.29) is 55.2 Å². The summed E-state index contributed by atoms with van der Waals surface area (Å²) < 4.78 is 8.41. The van der Waals surface area contributed by atoms with Gasteiger partial charge in [-0.2, -0.15) is 0 Å². The van der Waals surface area contributed by atoms with Gasteiger partial charge < -0.3 is 41.8 Å². The molecule has 0 saturated heterocycles. The number of imidazole rings is 1. The number of nitrogens with zero attached hydrogens (tertiary/aromatic N) is 4. The molecule has 8 N–H and O–H groups in total. The molecule has 0 unspecified atom stereocenters. The van der Waals surface area contributed by atoms with Gasteiger partial charge in [0.05, 0.1) is 41.8 Å². The maximum atomic E-state index is 14.2. The van der Waals surface area contributed by atoms with E-state index in [0.717, 1.165) is 10.3 Å². The van der Waals surface area contributed by atoms with Crippen LogP contribution in [0.4, 0.5) is 0 Å². The number of thiazole rings is 1. The Balaban J connectivity index is 1.56. The molecule has 0 bridgehead atoms. The molecule has 0 spiro atoms. The third-order valence-corrected chi connectivity index (χ3v) is 9.84. The lowest BCUT2D eigenvalue weighted by Crippen LogP contribution is -2.54. The topological polar surface area (TPSA) is 246 Å². The van der Waals surface area contributed by atoms with Gasteiger partial charge in [-0.3, -0.25) is 29.0 Å². The molecular formula is C39H51N9O7S. The highest BCUT2D eigenvalue weighted by atomic mass is 32.1. The second kappa shape index (κ2) is 21.5. The number of amides is 3. The number of benzene rings is 2. The fourth-order valence-corrected chi connectivity index (χ4v) is 7.02. The number of ether oxygens (including phenoxy) is 1. The average Bonchev–Trinajstić information content (AvgIpc) is 3.81. The number of carbonyl (C=O) groups is 5. The van der Waals surface area contributed by atoms with E-state index in [4.69, 9.17) is 16.2 Å². The zero-order valence-electron chi connectivity index (χ0n) is 31.9. The summed E-state index contributed by atoms with van der Waals surface area (Å²) in [6.07, 6.45) is 3.66. The fourth-order valence-electron chi connectivity index (χ4n) is 6.06. The Labute approximate surface area is 329 Å². The van der Waals surface area contributed by atoms with Crippen LogP contribution in [0, 0.1) is 11.8 Å². The highest BCUT2D eigenvalue weighted by Gasteiger charge is 2.33. The molecule has 3 amide bonds. The monoisotopic (exact) mass is 789 g/mol. The molecule has 2 heterocycles. The lowest BCUT2D eigenvalue weighted by Gasteiger charge is -2.25. The Hall–Kier alpha value is -5.52. The number of aromatic nitrogens is 3. The summed E-state index contributed by atoms with van der Waals surface area (Å²) in [4.78, 5) is 80.0. The first-order chi connectivity index (χ1) is 26.8. The number of nitrogens with one attached hydrogen (secondary N) is 3. The van der Waals surface area contributed by atoms with E-state index in [2.05, 4.69) is 30.9 Å². The summed E-state index contributed by atoms with van der Waals surface area (Å²) in [7, 11) is 0. The van der Waals surface area contributed by atoms with Gasteiger partial charge in [0.1, 0.15) is 12.8 Å². The van der Waals surface area contributed by atoms with Crippen molar-refractivity contribution in [3.8, 4) is 0 Å². The van der Waals surface area contributed by atoms with E-state index < -0.39 is 54.2 Å². The summed E-state index contributed by atoms with van der Waals surface area (Å²) in [6.45, 7) is 5.00. The first kappa shape index (κ1) is 43.2. The second-order valence-corrected chi connectivity index (χ2v) is 14.9. The summed E-state index contributed by atoms with van der Waals surface area (Å²) >= 11 is 1.22. The van der Waals surface area contributed by atoms with Crippen LogP contribution in [0.15, 0.2) is 72.1 Å². The third kappa shape index (κ3) is 13.3. The van der Waals surface area contributed by atoms with E-state index >= 15 is 0 Å². The van der Waals surface area contributed by atoms with Crippen LogP contribution in [0.3, 0.4) is 0 Å². The molecule has 0 fully saturated rings. The normalized spacial score (nSPS) is 13.4. The quantitative estimate of drug-likeness (QED) is 0.0275. The molecule has 0 aliphatic rings. The molecule has 4 rings (SSSR count). The van der Waals surface area contributed by atoms with Crippen molar-refractivity contribution in [3.63, 3.8) is 0 Å². The van der Waals surface area contributed by atoms with Gasteiger partial charge in [-0.15, -0.1) is 11.3 Å². The molecule has 16 nitrogen and oxygen atoms in total. The number of Topliss-reactive ketones (excluding diaryl/α,β-unsaturated/α-hetero) is 2. The molecule has 300 valence electrons. The van der Waals surface area contributed by atoms with Gasteiger partial charge in [-0.1, -0.05) is 56.3 Å². The van der Waals surface area contributed by atoms with Gasteiger partial charge in [-0.25, -0.2) is 9.97 Å². The molecule has 0 radical (unpaired) electrons. The first-order valence-electron chi connectivity index (χ1n) is 18.4. The molecule has 0 aliphatic heterocycles. The van der Waals surface area contributed by atoms with Crippen molar-refractivity contribution in [1.82, 2.24) is 30.5 Å². The minimum absolute atomic E-state index is 0.0198. The number of carbonyl (C=O) groups excluding carboxylic acids is 5. The smallest absolute Gasteiger partial charge is 0.245 e. The molecular weight excluding hydrogens is 739 g/mol. The Morgan fingerprint density at radius 1 is 0.946 bits per heavy atom. The van der Waals surface area contributed by atoms with E-state index in [9.17, 15) is 29.1 Å². The Morgan fingerprint density at radius 2 is 1.66 bits per heavy atom. The highest BCUT2D eigenvalue weighted by Crippen LogP contribution is 2.24. The highest BCUT2D eigenvalue weighted by molar-refractivity contribution is 7.20. The second-order valence-electron chi connectivity index (χ2n) is 13.9. The number of rotatable bonds is 23. The average molecular weight is 790 g/mol. The van der Waals surface area contributed by atoms with Gasteiger partial charge >= 0.3 is 0 Å². The molecule has 17 heteroatoms. The van der Waals surface area contributed by atoms with Crippen molar-refractivity contribution in [1.29, 1.82) is 0 Å². The van der Waals surface area contributed by atoms with Crippen molar-refractivity contribution >= 4 is 56.8 Å². The van der Waals surface area contributed by atoms with E-state index in [1.165, 1.54) is 18.3 Å². The Bertz CT molecular complexity index is 1930. The van der Waals surface area contributed by atoms with Crippen LogP contribution in [0.25, 0.3) is 10.2 Å². The van der Waals surface area contributed by atoms with Gasteiger partial charge in [0.25, 0.3) is 0 Å². The molecule has 2 aromatic carbocycles. The Morgan fingerprint density at radius 3 is 2.34 bits per heavy atom. The molecule has 2 aromatic heterocycles. The van der Waals surface area contributed by atoms with Gasteiger partial charge in [0, 0.05) is 44.1 Å². The van der Waals surface area contributed by atoms with Gasteiger partial charge in [0.15, 0.2) is 16.8 Å². The van der Waals surface area contributed by atoms with Crippen molar-refractivity contribution in [3.05, 3.63) is 83.4 Å². The summed E-state index contributed by atoms with van der Waals surface area (Å²) in [6, 6.07) is 13.4. The van der Waals surface area contributed by atoms with Crippen LogP contribution in [-0.4, -0.2) is 86.2 Å². The summed E-state index contributed by atoms with van der Waals surface area (Å²) in [5.74, 6) is -3.67. The van der Waals surface area contributed by atoms with Crippen LogP contribution < -0.4 is 27.4 Å². The number of ketones is 2. The maximum Gasteiger partial charge on any atom is 0.245 e. The predicted molar refractivity (Wildman–Crippen MR) is 212 cm³/mol. The van der Waals surface area contributed by atoms with Crippen LogP contribution in [-0.2, 0) is 43.7 Å². The van der Waals surface area contributed by atoms with E-state index in [1.54, 1.807) is 23.2 Å². The zero-order valence-corrected chi connectivity index (χ0v) is 32.7. The lowest BCUT2D eigenvalue weighted by atomic mass is 9.88. The number of aliphatic hydroxyl groups excluding tert-OH is 1. The molecule has 56 heavy (non-hydrogen) atoms.